The van der Waals surface area contributed by atoms with E-state index in [1.807, 2.05) is 0 Å². The van der Waals surface area contributed by atoms with E-state index in [4.69, 9.17) is 9.47 Å². The highest BCUT2D eigenvalue weighted by molar-refractivity contribution is 5.79. The third kappa shape index (κ3) is 4.95. The van der Waals surface area contributed by atoms with Crippen molar-refractivity contribution in [2.75, 3.05) is 33.9 Å². The molecule has 1 aliphatic heterocycles. The second-order valence-electron chi connectivity index (χ2n) is 5.93. The van der Waals surface area contributed by atoms with Crippen LogP contribution in [0.4, 0.5) is 8.78 Å². The van der Waals surface area contributed by atoms with Crippen LogP contribution in [0.5, 0.6) is 11.5 Å². The van der Waals surface area contributed by atoms with Gasteiger partial charge >= 0.3 is 6.61 Å². The van der Waals surface area contributed by atoms with Crippen LogP contribution in [-0.4, -0.2) is 46.5 Å². The zero-order valence-corrected chi connectivity index (χ0v) is 14.1. The summed E-state index contributed by atoms with van der Waals surface area (Å²) in [4.78, 5) is 4.13. The van der Waals surface area contributed by atoms with Gasteiger partial charge in [-0.1, -0.05) is 6.92 Å². The fourth-order valence-corrected chi connectivity index (χ4v) is 2.28. The summed E-state index contributed by atoms with van der Waals surface area (Å²) in [5, 5.41) is 6.30. The molecule has 1 heterocycles. The van der Waals surface area contributed by atoms with Gasteiger partial charge in [0.2, 0.25) is 0 Å². The van der Waals surface area contributed by atoms with Crippen molar-refractivity contribution >= 4 is 5.96 Å². The minimum Gasteiger partial charge on any atom is -0.497 e. The van der Waals surface area contributed by atoms with E-state index < -0.39 is 6.61 Å². The average Bonchev–Trinajstić information content (AvgIpc) is 2.54. The Kier molecular flexibility index (Phi) is 6.19. The molecule has 1 aromatic rings. The quantitative estimate of drug-likeness (QED) is 0.586. The van der Waals surface area contributed by atoms with E-state index >= 15 is 0 Å². The molecule has 0 spiro atoms. The lowest BCUT2D eigenvalue weighted by Crippen LogP contribution is -2.50. The second kappa shape index (κ2) is 8.14. The van der Waals surface area contributed by atoms with Crippen molar-refractivity contribution in [1.82, 2.24) is 10.6 Å². The molecule has 0 atom stereocenters. The molecule has 0 saturated carbocycles. The molecule has 8 heteroatoms. The van der Waals surface area contributed by atoms with Gasteiger partial charge in [0.05, 0.1) is 20.3 Å². The van der Waals surface area contributed by atoms with E-state index in [-0.39, 0.29) is 17.7 Å². The SMILES string of the molecule is CN=C(NCc1cc(OC)ccc1OC(F)F)NCC1(C)COC1. The van der Waals surface area contributed by atoms with Crippen LogP contribution in [0.1, 0.15) is 12.5 Å². The first-order valence-electron chi connectivity index (χ1n) is 7.60. The Labute approximate surface area is 140 Å². The maximum absolute atomic E-state index is 12.5. The molecular weight excluding hydrogens is 320 g/mol. The van der Waals surface area contributed by atoms with Crippen LogP contribution >= 0.6 is 0 Å². The predicted octanol–water partition coefficient (Wildman–Crippen LogP) is 2.00. The fourth-order valence-electron chi connectivity index (χ4n) is 2.28. The number of ether oxygens (including phenoxy) is 3. The number of methoxy groups -OCH3 is 1. The van der Waals surface area contributed by atoms with Crippen molar-refractivity contribution in [2.45, 2.75) is 20.1 Å². The zero-order chi connectivity index (χ0) is 17.6. The number of hydrogen-bond donors (Lipinski definition) is 2. The Morgan fingerprint density at radius 1 is 1.38 bits per heavy atom. The van der Waals surface area contributed by atoms with Crippen LogP contribution in [-0.2, 0) is 11.3 Å². The summed E-state index contributed by atoms with van der Waals surface area (Å²) in [6, 6.07) is 4.69. The number of rotatable bonds is 7. The summed E-state index contributed by atoms with van der Waals surface area (Å²) in [6.45, 7) is 1.64. The largest absolute Gasteiger partial charge is 0.497 e. The zero-order valence-electron chi connectivity index (χ0n) is 14.1. The van der Waals surface area contributed by atoms with E-state index in [2.05, 4.69) is 27.3 Å². The molecule has 0 amide bonds. The Balaban J connectivity index is 1.97. The summed E-state index contributed by atoms with van der Waals surface area (Å²) in [6.07, 6.45) is 0. The number of guanidine groups is 1. The Bertz CT molecular complexity index is 578. The van der Waals surface area contributed by atoms with Gasteiger partial charge in [0.1, 0.15) is 11.5 Å². The smallest absolute Gasteiger partial charge is 0.387 e. The molecule has 2 N–H and O–H groups in total. The summed E-state index contributed by atoms with van der Waals surface area (Å²) in [7, 11) is 3.17. The Morgan fingerprint density at radius 2 is 2.12 bits per heavy atom. The normalized spacial score (nSPS) is 16.5. The predicted molar refractivity (Wildman–Crippen MR) is 86.8 cm³/mol. The molecule has 0 aliphatic carbocycles. The molecule has 6 nitrogen and oxygen atoms in total. The van der Waals surface area contributed by atoms with Crippen molar-refractivity contribution in [3.63, 3.8) is 0 Å². The minimum atomic E-state index is -2.88. The molecule has 1 fully saturated rings. The van der Waals surface area contributed by atoms with Gasteiger partial charge in [0.15, 0.2) is 5.96 Å². The molecule has 2 rings (SSSR count). The molecule has 0 unspecified atom stereocenters. The van der Waals surface area contributed by atoms with Gasteiger partial charge < -0.3 is 24.8 Å². The van der Waals surface area contributed by atoms with E-state index in [1.54, 1.807) is 19.2 Å². The van der Waals surface area contributed by atoms with Crippen molar-refractivity contribution < 1.29 is 23.0 Å². The average molecular weight is 343 g/mol. The lowest BCUT2D eigenvalue weighted by atomic mass is 9.89. The highest BCUT2D eigenvalue weighted by atomic mass is 19.3. The first-order chi connectivity index (χ1) is 11.5. The highest BCUT2D eigenvalue weighted by Gasteiger charge is 2.33. The molecule has 1 aliphatic rings. The van der Waals surface area contributed by atoms with Crippen LogP contribution in [0.3, 0.4) is 0 Å². The third-order valence-electron chi connectivity index (χ3n) is 3.74. The number of hydrogen-bond acceptors (Lipinski definition) is 4. The number of halogens is 2. The minimum absolute atomic E-state index is 0.0948. The van der Waals surface area contributed by atoms with Gasteiger partial charge in [0, 0.05) is 31.1 Å². The topological polar surface area (TPSA) is 64.1 Å². The monoisotopic (exact) mass is 343 g/mol. The summed E-state index contributed by atoms with van der Waals surface area (Å²) in [5.41, 5.74) is 0.646. The number of benzene rings is 1. The van der Waals surface area contributed by atoms with E-state index in [1.165, 1.54) is 13.2 Å². The van der Waals surface area contributed by atoms with Gasteiger partial charge in [-0.05, 0) is 18.2 Å². The van der Waals surface area contributed by atoms with Crippen LogP contribution < -0.4 is 20.1 Å². The molecular formula is C16H23F2N3O3. The summed E-state index contributed by atoms with van der Waals surface area (Å²) >= 11 is 0. The number of nitrogens with zero attached hydrogens (tertiary/aromatic N) is 1. The number of nitrogens with one attached hydrogen (secondary N) is 2. The van der Waals surface area contributed by atoms with Crippen LogP contribution in [0, 0.1) is 5.41 Å². The van der Waals surface area contributed by atoms with E-state index in [0.29, 0.717) is 37.0 Å². The Morgan fingerprint density at radius 3 is 2.67 bits per heavy atom. The molecule has 1 saturated heterocycles. The summed E-state index contributed by atoms with van der Waals surface area (Å²) < 4.78 is 39.9. The van der Waals surface area contributed by atoms with Gasteiger partial charge in [-0.3, -0.25) is 4.99 Å². The van der Waals surface area contributed by atoms with Gasteiger partial charge in [-0.25, -0.2) is 0 Å². The first-order valence-corrected chi connectivity index (χ1v) is 7.60. The molecule has 24 heavy (non-hydrogen) atoms. The van der Waals surface area contributed by atoms with Crippen molar-refractivity contribution in [1.29, 1.82) is 0 Å². The standard InChI is InChI=1S/C16H23F2N3O3/c1-16(9-23-10-16)8-21-15(19-2)20-7-11-6-12(22-3)4-5-13(11)24-14(17)18/h4-6,14H,7-10H2,1-3H3,(H2,19,20,21). The maximum Gasteiger partial charge on any atom is 0.387 e. The van der Waals surface area contributed by atoms with Crippen LogP contribution in [0.25, 0.3) is 0 Å². The molecule has 0 bridgehead atoms. The van der Waals surface area contributed by atoms with Gasteiger partial charge in [-0.15, -0.1) is 0 Å². The number of alkyl halides is 2. The van der Waals surface area contributed by atoms with Crippen LogP contribution in [0.15, 0.2) is 23.2 Å². The lowest BCUT2D eigenvalue weighted by Gasteiger charge is -2.38. The highest BCUT2D eigenvalue weighted by Crippen LogP contribution is 2.26. The summed E-state index contributed by atoms with van der Waals surface area (Å²) in [5.74, 6) is 1.25. The number of aliphatic imine (C=N–C) groups is 1. The van der Waals surface area contributed by atoms with Crippen molar-refractivity contribution in [3.8, 4) is 11.5 Å². The van der Waals surface area contributed by atoms with Gasteiger partial charge in [-0.2, -0.15) is 8.78 Å². The fraction of sp³-hybridized carbons (Fsp3) is 0.562. The molecule has 134 valence electrons. The molecule has 0 aromatic heterocycles. The van der Waals surface area contributed by atoms with Gasteiger partial charge in [0.25, 0.3) is 0 Å². The van der Waals surface area contributed by atoms with E-state index in [0.717, 1.165) is 0 Å². The maximum atomic E-state index is 12.5. The van der Waals surface area contributed by atoms with Crippen molar-refractivity contribution in [3.05, 3.63) is 23.8 Å². The second-order valence-corrected chi connectivity index (χ2v) is 5.93. The third-order valence-corrected chi connectivity index (χ3v) is 3.74. The van der Waals surface area contributed by atoms with Crippen molar-refractivity contribution in [2.24, 2.45) is 10.4 Å². The Hall–Kier alpha value is -2.09. The first kappa shape index (κ1) is 18.3. The molecule has 0 radical (unpaired) electrons. The van der Waals surface area contributed by atoms with E-state index in [9.17, 15) is 8.78 Å². The molecule has 1 aromatic carbocycles. The lowest BCUT2D eigenvalue weighted by molar-refractivity contribution is -0.0971. The van der Waals surface area contributed by atoms with Crippen LogP contribution in [0.2, 0.25) is 0 Å².